The van der Waals surface area contributed by atoms with Gasteiger partial charge in [-0.3, -0.25) is 0 Å². The summed E-state index contributed by atoms with van der Waals surface area (Å²) in [6.45, 7) is 3.00. The highest BCUT2D eigenvalue weighted by atomic mass is 35.5. The third-order valence-corrected chi connectivity index (χ3v) is 2.48. The summed E-state index contributed by atoms with van der Waals surface area (Å²) < 4.78 is 10.9. The summed E-state index contributed by atoms with van der Waals surface area (Å²) in [6.07, 6.45) is 0. The van der Waals surface area contributed by atoms with Crippen molar-refractivity contribution in [3.8, 4) is 5.75 Å². The molecule has 0 aliphatic carbocycles. The molecule has 0 amide bonds. The smallest absolute Gasteiger partial charge is 0.120 e. The summed E-state index contributed by atoms with van der Waals surface area (Å²) in [4.78, 5) is 0. The molecule has 4 heteroatoms. The van der Waals surface area contributed by atoms with Crippen molar-refractivity contribution in [3.05, 3.63) is 29.3 Å². The number of ether oxygens (including phenoxy) is 2. The van der Waals surface area contributed by atoms with E-state index >= 15 is 0 Å². The highest BCUT2D eigenvalue weighted by molar-refractivity contribution is 6.30. The van der Waals surface area contributed by atoms with Gasteiger partial charge in [0.15, 0.2) is 0 Å². The summed E-state index contributed by atoms with van der Waals surface area (Å²) in [7, 11) is 0. The summed E-state index contributed by atoms with van der Waals surface area (Å²) >= 11 is 5.85. The number of rotatable bonds is 3. The summed E-state index contributed by atoms with van der Waals surface area (Å²) in [5.74, 6) is 0.801. The number of hydrogen-bond acceptors (Lipinski definition) is 3. The monoisotopic (exact) mass is 227 g/mol. The van der Waals surface area contributed by atoms with Crippen molar-refractivity contribution in [1.82, 2.24) is 5.32 Å². The highest BCUT2D eigenvalue weighted by Crippen LogP contribution is 2.17. The Morgan fingerprint density at radius 3 is 3.20 bits per heavy atom. The Morgan fingerprint density at radius 1 is 1.53 bits per heavy atom. The van der Waals surface area contributed by atoms with Gasteiger partial charge in [0.25, 0.3) is 0 Å². The number of morpholine rings is 1. The summed E-state index contributed by atoms with van der Waals surface area (Å²) in [5.41, 5.74) is 0. The van der Waals surface area contributed by atoms with Gasteiger partial charge in [-0.2, -0.15) is 0 Å². The van der Waals surface area contributed by atoms with Gasteiger partial charge >= 0.3 is 0 Å². The molecule has 2 rings (SSSR count). The topological polar surface area (TPSA) is 30.5 Å². The molecular formula is C11H14ClNO2. The molecule has 0 bridgehead atoms. The molecule has 1 atom stereocenters. The minimum absolute atomic E-state index is 0.276. The molecule has 15 heavy (non-hydrogen) atoms. The van der Waals surface area contributed by atoms with Crippen molar-refractivity contribution in [2.75, 3.05) is 26.4 Å². The Bertz CT molecular complexity index is 313. The molecule has 3 nitrogen and oxygen atoms in total. The second kappa shape index (κ2) is 5.35. The summed E-state index contributed by atoms with van der Waals surface area (Å²) in [6, 6.07) is 7.69. The molecule has 0 spiro atoms. The minimum Gasteiger partial charge on any atom is -0.492 e. The molecule has 0 saturated carbocycles. The lowest BCUT2D eigenvalue weighted by Crippen LogP contribution is -2.44. The van der Waals surface area contributed by atoms with E-state index in [0.29, 0.717) is 18.2 Å². The Kier molecular flexibility index (Phi) is 3.83. The van der Waals surface area contributed by atoms with Crippen LogP contribution in [-0.2, 0) is 4.74 Å². The number of benzene rings is 1. The van der Waals surface area contributed by atoms with E-state index in [4.69, 9.17) is 21.1 Å². The lowest BCUT2D eigenvalue weighted by molar-refractivity contribution is 0.0593. The van der Waals surface area contributed by atoms with Crippen molar-refractivity contribution in [2.45, 2.75) is 6.04 Å². The van der Waals surface area contributed by atoms with Gasteiger partial charge < -0.3 is 14.8 Å². The Morgan fingerprint density at radius 2 is 2.47 bits per heavy atom. The van der Waals surface area contributed by atoms with Crippen LogP contribution >= 0.6 is 11.6 Å². The van der Waals surface area contributed by atoms with Crippen molar-refractivity contribution < 1.29 is 9.47 Å². The van der Waals surface area contributed by atoms with Crippen LogP contribution in [0.2, 0.25) is 5.02 Å². The molecule has 1 fully saturated rings. The largest absolute Gasteiger partial charge is 0.492 e. The zero-order valence-electron chi connectivity index (χ0n) is 8.41. The highest BCUT2D eigenvalue weighted by Gasteiger charge is 2.13. The minimum atomic E-state index is 0.276. The zero-order chi connectivity index (χ0) is 10.5. The zero-order valence-corrected chi connectivity index (χ0v) is 9.17. The van der Waals surface area contributed by atoms with Crippen LogP contribution in [0.15, 0.2) is 24.3 Å². The Balaban J connectivity index is 1.81. The van der Waals surface area contributed by atoms with Crippen LogP contribution in [-0.4, -0.2) is 32.4 Å². The molecule has 0 aromatic heterocycles. The first kappa shape index (κ1) is 10.7. The number of nitrogens with one attached hydrogen (secondary N) is 1. The average Bonchev–Trinajstić information content (AvgIpc) is 2.28. The molecule has 1 aliphatic rings. The quantitative estimate of drug-likeness (QED) is 0.853. The molecule has 1 unspecified atom stereocenters. The fraction of sp³-hybridized carbons (Fsp3) is 0.455. The molecule has 82 valence electrons. The SMILES string of the molecule is Clc1cccc(OCC2COCCN2)c1. The Hall–Kier alpha value is -0.770. The number of halogens is 1. The summed E-state index contributed by atoms with van der Waals surface area (Å²) in [5, 5.41) is 4.02. The first-order chi connectivity index (χ1) is 7.34. The van der Waals surface area contributed by atoms with Gasteiger partial charge in [-0.15, -0.1) is 0 Å². The van der Waals surface area contributed by atoms with Gasteiger partial charge in [-0.1, -0.05) is 17.7 Å². The second-order valence-electron chi connectivity index (χ2n) is 3.49. The molecule has 1 aromatic rings. The molecule has 1 N–H and O–H groups in total. The van der Waals surface area contributed by atoms with Crippen molar-refractivity contribution >= 4 is 11.6 Å². The normalized spacial score (nSPS) is 21.3. The second-order valence-corrected chi connectivity index (χ2v) is 3.93. The molecule has 0 radical (unpaired) electrons. The van der Waals surface area contributed by atoms with Crippen molar-refractivity contribution in [1.29, 1.82) is 0 Å². The van der Waals surface area contributed by atoms with E-state index in [1.54, 1.807) is 0 Å². The molecule has 1 heterocycles. The van der Waals surface area contributed by atoms with Crippen LogP contribution < -0.4 is 10.1 Å². The molecule has 1 saturated heterocycles. The van der Waals surface area contributed by atoms with Crippen LogP contribution in [0.5, 0.6) is 5.75 Å². The van der Waals surface area contributed by atoms with E-state index < -0.39 is 0 Å². The lowest BCUT2D eigenvalue weighted by Gasteiger charge is -2.23. The van der Waals surface area contributed by atoms with Gasteiger partial charge in [-0.25, -0.2) is 0 Å². The average molecular weight is 228 g/mol. The third-order valence-electron chi connectivity index (χ3n) is 2.25. The van der Waals surface area contributed by atoms with E-state index in [-0.39, 0.29) is 6.04 Å². The van der Waals surface area contributed by atoms with Gasteiger partial charge in [0.1, 0.15) is 12.4 Å². The van der Waals surface area contributed by atoms with Crippen LogP contribution in [0.25, 0.3) is 0 Å². The third kappa shape index (κ3) is 3.38. The molecule has 1 aromatic carbocycles. The number of hydrogen-bond donors (Lipinski definition) is 1. The van der Waals surface area contributed by atoms with E-state index in [9.17, 15) is 0 Å². The molecular weight excluding hydrogens is 214 g/mol. The van der Waals surface area contributed by atoms with Gasteiger partial charge in [0.2, 0.25) is 0 Å². The predicted octanol–water partition coefficient (Wildman–Crippen LogP) is 1.71. The standard InChI is InChI=1S/C11H14ClNO2/c12-9-2-1-3-11(6-9)15-8-10-7-14-5-4-13-10/h1-3,6,10,13H,4-5,7-8H2. The maximum Gasteiger partial charge on any atom is 0.120 e. The van der Waals surface area contributed by atoms with Gasteiger partial charge in [-0.05, 0) is 18.2 Å². The van der Waals surface area contributed by atoms with Gasteiger partial charge in [0.05, 0.1) is 19.3 Å². The fourth-order valence-corrected chi connectivity index (χ4v) is 1.66. The van der Waals surface area contributed by atoms with E-state index in [0.717, 1.165) is 18.9 Å². The first-order valence-electron chi connectivity index (χ1n) is 5.04. The van der Waals surface area contributed by atoms with Gasteiger partial charge in [0, 0.05) is 11.6 Å². The van der Waals surface area contributed by atoms with E-state index in [1.807, 2.05) is 24.3 Å². The van der Waals surface area contributed by atoms with Crippen LogP contribution in [0.4, 0.5) is 0 Å². The maximum absolute atomic E-state index is 5.85. The first-order valence-corrected chi connectivity index (χ1v) is 5.42. The molecule has 1 aliphatic heterocycles. The van der Waals surface area contributed by atoms with Crippen LogP contribution in [0.3, 0.4) is 0 Å². The predicted molar refractivity (Wildman–Crippen MR) is 59.6 cm³/mol. The maximum atomic E-state index is 5.85. The Labute approximate surface area is 94.3 Å². The van der Waals surface area contributed by atoms with Crippen LogP contribution in [0.1, 0.15) is 0 Å². The van der Waals surface area contributed by atoms with Crippen molar-refractivity contribution in [2.24, 2.45) is 0 Å². The van der Waals surface area contributed by atoms with E-state index in [1.165, 1.54) is 0 Å². The van der Waals surface area contributed by atoms with E-state index in [2.05, 4.69) is 5.32 Å². The van der Waals surface area contributed by atoms with Crippen molar-refractivity contribution in [3.63, 3.8) is 0 Å². The lowest BCUT2D eigenvalue weighted by atomic mass is 10.3. The fourth-order valence-electron chi connectivity index (χ4n) is 1.48. The van der Waals surface area contributed by atoms with Crippen LogP contribution in [0, 0.1) is 0 Å².